The lowest BCUT2D eigenvalue weighted by Gasteiger charge is -2.36. The molecule has 0 radical (unpaired) electrons. The second kappa shape index (κ2) is 5.15. The summed E-state index contributed by atoms with van der Waals surface area (Å²) < 4.78 is 5.21. The fourth-order valence-electron chi connectivity index (χ4n) is 3.28. The van der Waals surface area contributed by atoms with E-state index in [1.54, 1.807) is 0 Å². The van der Waals surface area contributed by atoms with E-state index in [0.717, 1.165) is 16.9 Å². The maximum absolute atomic E-state index is 12.4. The van der Waals surface area contributed by atoms with Gasteiger partial charge in [-0.3, -0.25) is 10.1 Å². The van der Waals surface area contributed by atoms with Crippen LogP contribution in [0.25, 0.3) is 11.1 Å². The summed E-state index contributed by atoms with van der Waals surface area (Å²) in [6.45, 7) is 3.25. The van der Waals surface area contributed by atoms with Gasteiger partial charge in [0.2, 0.25) is 5.96 Å². The number of aliphatic imine (C=N–C) groups is 1. The normalized spacial score (nSPS) is 19.7. The Hall–Kier alpha value is -2.71. The first-order valence-electron chi connectivity index (χ1n) is 7.91. The van der Waals surface area contributed by atoms with Crippen molar-refractivity contribution in [1.82, 2.24) is 25.3 Å². The van der Waals surface area contributed by atoms with Crippen LogP contribution in [0, 0.1) is 6.92 Å². The topological polar surface area (TPSA) is 99.8 Å². The summed E-state index contributed by atoms with van der Waals surface area (Å²) >= 11 is 0. The third-order valence-corrected chi connectivity index (χ3v) is 4.70. The molecule has 1 amide bonds. The van der Waals surface area contributed by atoms with Crippen molar-refractivity contribution in [3.05, 3.63) is 12.0 Å². The number of fused-ring (bicyclic) bond motifs is 1. The van der Waals surface area contributed by atoms with Crippen molar-refractivity contribution in [2.75, 3.05) is 32.1 Å². The molecule has 1 saturated heterocycles. The summed E-state index contributed by atoms with van der Waals surface area (Å²) in [5.41, 5.74) is 0.600. The molecule has 126 valence electrons. The molecule has 0 saturated carbocycles. The third kappa shape index (κ3) is 2.11. The van der Waals surface area contributed by atoms with Gasteiger partial charge in [0, 0.05) is 27.2 Å². The molecular formula is C15H19N7O2. The largest absolute Gasteiger partial charge is 0.356 e. The number of carbonyl (C=O) groups is 1. The minimum atomic E-state index is -0.661. The van der Waals surface area contributed by atoms with E-state index < -0.39 is 5.54 Å². The molecule has 2 aliphatic rings. The summed E-state index contributed by atoms with van der Waals surface area (Å²) in [6, 6.07) is 0. The van der Waals surface area contributed by atoms with Gasteiger partial charge in [-0.05, 0) is 19.8 Å². The Bertz CT molecular complexity index is 833. The number of guanidine groups is 1. The minimum absolute atomic E-state index is 0.0140. The van der Waals surface area contributed by atoms with Gasteiger partial charge in [0.1, 0.15) is 23.1 Å². The van der Waals surface area contributed by atoms with E-state index in [2.05, 4.69) is 30.3 Å². The highest BCUT2D eigenvalue weighted by atomic mass is 16.5. The number of aryl methyl sites for hydroxylation is 1. The molecule has 0 bridgehead atoms. The Morgan fingerprint density at radius 2 is 2.04 bits per heavy atom. The van der Waals surface area contributed by atoms with E-state index in [-0.39, 0.29) is 5.91 Å². The summed E-state index contributed by atoms with van der Waals surface area (Å²) in [7, 11) is 3.75. The van der Waals surface area contributed by atoms with Crippen LogP contribution in [0.4, 0.5) is 5.82 Å². The summed E-state index contributed by atoms with van der Waals surface area (Å²) in [5, 5.41) is 7.67. The van der Waals surface area contributed by atoms with Gasteiger partial charge in [0.05, 0.1) is 5.69 Å². The molecule has 9 nitrogen and oxygen atoms in total. The molecule has 4 heterocycles. The summed E-state index contributed by atoms with van der Waals surface area (Å²) in [5.74, 6) is 1.43. The third-order valence-electron chi connectivity index (χ3n) is 4.70. The second-order valence-electron chi connectivity index (χ2n) is 6.45. The fourth-order valence-corrected chi connectivity index (χ4v) is 3.28. The van der Waals surface area contributed by atoms with Crippen molar-refractivity contribution in [3.8, 4) is 0 Å². The van der Waals surface area contributed by atoms with Crippen LogP contribution in [-0.4, -0.2) is 64.6 Å². The van der Waals surface area contributed by atoms with Crippen molar-refractivity contribution in [3.63, 3.8) is 0 Å². The average Bonchev–Trinajstić information content (AvgIpc) is 3.10. The maximum Gasteiger partial charge on any atom is 0.263 e. The van der Waals surface area contributed by atoms with Gasteiger partial charge in [0.15, 0.2) is 0 Å². The number of piperidine rings is 1. The van der Waals surface area contributed by atoms with E-state index in [1.807, 2.05) is 25.9 Å². The maximum atomic E-state index is 12.4. The first kappa shape index (κ1) is 14.9. The van der Waals surface area contributed by atoms with Crippen molar-refractivity contribution < 1.29 is 9.32 Å². The van der Waals surface area contributed by atoms with E-state index in [0.29, 0.717) is 37.6 Å². The predicted octanol–water partition coefficient (Wildman–Crippen LogP) is 0.313. The molecule has 9 heteroatoms. The van der Waals surface area contributed by atoms with Gasteiger partial charge >= 0.3 is 0 Å². The summed E-state index contributed by atoms with van der Waals surface area (Å²) in [4.78, 5) is 29.6. The number of nitrogens with one attached hydrogen (secondary N) is 1. The van der Waals surface area contributed by atoms with Gasteiger partial charge in [-0.1, -0.05) is 5.16 Å². The molecule has 2 aliphatic heterocycles. The smallest absolute Gasteiger partial charge is 0.263 e. The van der Waals surface area contributed by atoms with Gasteiger partial charge in [-0.25, -0.2) is 9.98 Å². The van der Waals surface area contributed by atoms with Crippen molar-refractivity contribution >= 4 is 28.8 Å². The highest BCUT2D eigenvalue weighted by Gasteiger charge is 2.46. The molecule has 1 fully saturated rings. The van der Waals surface area contributed by atoms with Crippen LogP contribution in [-0.2, 0) is 4.79 Å². The molecule has 1 N–H and O–H groups in total. The monoisotopic (exact) mass is 329 g/mol. The van der Waals surface area contributed by atoms with Crippen LogP contribution >= 0.6 is 0 Å². The van der Waals surface area contributed by atoms with Crippen LogP contribution in [0.3, 0.4) is 0 Å². The zero-order chi connectivity index (χ0) is 16.9. The van der Waals surface area contributed by atoms with E-state index >= 15 is 0 Å². The zero-order valence-corrected chi connectivity index (χ0v) is 13.9. The van der Waals surface area contributed by atoms with Crippen LogP contribution in [0.2, 0.25) is 0 Å². The van der Waals surface area contributed by atoms with Crippen molar-refractivity contribution in [2.24, 2.45) is 4.99 Å². The molecule has 0 aliphatic carbocycles. The number of rotatable bonds is 1. The van der Waals surface area contributed by atoms with E-state index in [9.17, 15) is 4.79 Å². The van der Waals surface area contributed by atoms with E-state index in [1.165, 1.54) is 6.33 Å². The highest BCUT2D eigenvalue weighted by molar-refractivity contribution is 6.07. The van der Waals surface area contributed by atoms with Crippen LogP contribution in [0.5, 0.6) is 0 Å². The fraction of sp³-hybridized carbons (Fsp3) is 0.533. The number of amides is 1. The molecular weight excluding hydrogens is 310 g/mol. The molecule has 2 aromatic heterocycles. The standard InChI is InChI=1S/C15H19N7O2/c1-9-10-11(16-8-17-12(10)24-20-9)22-6-4-15(5-7-22)13(23)18-14(19-15)21(2)3/h8H,4-7H2,1-3H3,(H,18,19,23). The van der Waals surface area contributed by atoms with Crippen molar-refractivity contribution in [1.29, 1.82) is 0 Å². The molecule has 4 rings (SSSR count). The van der Waals surface area contributed by atoms with Gasteiger partial charge in [-0.15, -0.1) is 0 Å². The Morgan fingerprint density at radius 3 is 2.71 bits per heavy atom. The predicted molar refractivity (Wildman–Crippen MR) is 87.8 cm³/mol. The van der Waals surface area contributed by atoms with Crippen LogP contribution in [0.15, 0.2) is 15.8 Å². The number of carbonyl (C=O) groups excluding carboxylic acids is 1. The van der Waals surface area contributed by atoms with Crippen LogP contribution in [0.1, 0.15) is 18.5 Å². The number of hydrogen-bond donors (Lipinski definition) is 1. The number of aromatic nitrogens is 3. The second-order valence-corrected chi connectivity index (χ2v) is 6.45. The Kier molecular flexibility index (Phi) is 3.19. The first-order chi connectivity index (χ1) is 11.5. The Labute approximate surface area is 138 Å². The molecule has 24 heavy (non-hydrogen) atoms. The molecule has 0 atom stereocenters. The lowest BCUT2D eigenvalue weighted by atomic mass is 9.88. The quantitative estimate of drug-likeness (QED) is 0.804. The SMILES string of the molecule is Cc1noc2ncnc(N3CCC4(CC3)N=C(N(C)C)NC4=O)c12. The van der Waals surface area contributed by atoms with Gasteiger partial charge in [0.25, 0.3) is 11.6 Å². The van der Waals surface area contributed by atoms with Gasteiger partial charge < -0.3 is 14.3 Å². The number of nitrogens with zero attached hydrogens (tertiary/aromatic N) is 6. The van der Waals surface area contributed by atoms with Crippen LogP contribution < -0.4 is 10.2 Å². The average molecular weight is 329 g/mol. The first-order valence-corrected chi connectivity index (χ1v) is 7.91. The minimum Gasteiger partial charge on any atom is -0.356 e. The Morgan fingerprint density at radius 1 is 1.29 bits per heavy atom. The molecule has 0 unspecified atom stereocenters. The van der Waals surface area contributed by atoms with Crippen molar-refractivity contribution in [2.45, 2.75) is 25.3 Å². The Balaban J connectivity index is 1.60. The lowest BCUT2D eigenvalue weighted by Crippen LogP contribution is -2.49. The number of hydrogen-bond acceptors (Lipinski definition) is 8. The number of anilines is 1. The zero-order valence-electron chi connectivity index (χ0n) is 13.9. The molecule has 2 aromatic rings. The van der Waals surface area contributed by atoms with Gasteiger partial charge in [-0.2, -0.15) is 4.98 Å². The molecule has 1 spiro atoms. The van der Waals surface area contributed by atoms with E-state index in [4.69, 9.17) is 4.52 Å². The summed E-state index contributed by atoms with van der Waals surface area (Å²) in [6.07, 6.45) is 2.77. The lowest BCUT2D eigenvalue weighted by molar-refractivity contribution is -0.124. The molecule has 0 aromatic carbocycles. The highest BCUT2D eigenvalue weighted by Crippen LogP contribution is 2.34.